The molecule has 0 saturated heterocycles. The zero-order valence-electron chi connectivity index (χ0n) is 12.4. The zero-order chi connectivity index (χ0) is 15.2. The Hall–Kier alpha value is -1.78. The Morgan fingerprint density at radius 2 is 2.10 bits per heavy atom. The summed E-state index contributed by atoms with van der Waals surface area (Å²) in [7, 11) is 3.52. The van der Waals surface area contributed by atoms with Crippen molar-refractivity contribution < 1.29 is 9.47 Å². The molecule has 0 spiro atoms. The fraction of sp³-hybridized carbons (Fsp3) is 0.312. The third kappa shape index (κ3) is 4.09. The molecule has 5 heteroatoms. The lowest BCUT2D eigenvalue weighted by molar-refractivity contribution is 0.296. The quantitative estimate of drug-likeness (QED) is 0.889. The van der Waals surface area contributed by atoms with Crippen LogP contribution in [-0.4, -0.2) is 19.1 Å². The van der Waals surface area contributed by atoms with E-state index >= 15 is 0 Å². The van der Waals surface area contributed by atoms with Gasteiger partial charge in [-0.1, -0.05) is 17.7 Å². The summed E-state index contributed by atoms with van der Waals surface area (Å²) in [6.07, 6.45) is 0. The van der Waals surface area contributed by atoms with Gasteiger partial charge >= 0.3 is 0 Å². The molecule has 0 atom stereocenters. The molecule has 0 bridgehead atoms. The summed E-state index contributed by atoms with van der Waals surface area (Å²) in [5.41, 5.74) is 2.66. The van der Waals surface area contributed by atoms with Crippen LogP contribution in [0.15, 0.2) is 30.3 Å². The second-order valence-corrected chi connectivity index (χ2v) is 5.08. The summed E-state index contributed by atoms with van der Waals surface area (Å²) < 4.78 is 11.1. The number of hydrogen-bond donors (Lipinski definition) is 1. The molecule has 0 aliphatic carbocycles. The lowest BCUT2D eigenvalue weighted by atomic mass is 10.2. The maximum Gasteiger partial charge on any atom is 0.130 e. The smallest absolute Gasteiger partial charge is 0.130 e. The van der Waals surface area contributed by atoms with E-state index in [0.29, 0.717) is 18.2 Å². The summed E-state index contributed by atoms with van der Waals surface area (Å²) in [4.78, 5) is 4.44. The molecule has 0 fully saturated rings. The molecule has 0 unspecified atom stereocenters. The van der Waals surface area contributed by atoms with Gasteiger partial charge in [-0.3, -0.25) is 4.98 Å². The molecule has 2 rings (SSSR count). The Morgan fingerprint density at radius 1 is 1.29 bits per heavy atom. The van der Waals surface area contributed by atoms with Crippen LogP contribution in [0.2, 0.25) is 5.02 Å². The van der Waals surface area contributed by atoms with Crippen molar-refractivity contribution in [1.82, 2.24) is 10.3 Å². The third-order valence-corrected chi connectivity index (χ3v) is 3.37. The van der Waals surface area contributed by atoms with Crippen LogP contribution in [0, 0.1) is 6.92 Å². The minimum absolute atomic E-state index is 0.370. The molecular weight excluding hydrogens is 288 g/mol. The first-order valence-corrected chi connectivity index (χ1v) is 7.08. The number of pyridine rings is 1. The Morgan fingerprint density at radius 3 is 2.81 bits per heavy atom. The molecule has 1 aromatic heterocycles. The van der Waals surface area contributed by atoms with E-state index in [0.717, 1.165) is 28.5 Å². The number of aromatic nitrogens is 1. The van der Waals surface area contributed by atoms with Gasteiger partial charge in [0.15, 0.2) is 0 Å². The number of ether oxygens (including phenoxy) is 2. The lowest BCUT2D eigenvalue weighted by Gasteiger charge is -2.13. The van der Waals surface area contributed by atoms with Crippen LogP contribution in [0.1, 0.15) is 17.0 Å². The highest BCUT2D eigenvalue weighted by Gasteiger charge is 2.08. The second-order valence-electron chi connectivity index (χ2n) is 4.68. The van der Waals surface area contributed by atoms with E-state index < -0.39 is 0 Å². The highest BCUT2D eigenvalue weighted by atomic mass is 35.5. The Balaban J connectivity index is 2.16. The van der Waals surface area contributed by atoms with Gasteiger partial charge in [0, 0.05) is 35.0 Å². The van der Waals surface area contributed by atoms with E-state index in [1.54, 1.807) is 7.11 Å². The number of rotatable bonds is 6. The van der Waals surface area contributed by atoms with Crippen molar-refractivity contribution in [3.05, 3.63) is 52.3 Å². The van der Waals surface area contributed by atoms with Gasteiger partial charge in [0.25, 0.3) is 0 Å². The normalized spacial score (nSPS) is 10.5. The van der Waals surface area contributed by atoms with Gasteiger partial charge in [0.1, 0.15) is 18.1 Å². The van der Waals surface area contributed by atoms with E-state index in [-0.39, 0.29) is 0 Å². The van der Waals surface area contributed by atoms with Crippen LogP contribution >= 0.6 is 11.6 Å². The summed E-state index contributed by atoms with van der Waals surface area (Å²) in [6.45, 7) is 2.95. The van der Waals surface area contributed by atoms with Gasteiger partial charge in [-0.25, -0.2) is 0 Å². The minimum Gasteiger partial charge on any atom is -0.497 e. The number of nitrogens with one attached hydrogen (secondary N) is 1. The van der Waals surface area contributed by atoms with Crippen LogP contribution in [0.3, 0.4) is 0 Å². The van der Waals surface area contributed by atoms with Crippen LogP contribution in [0.4, 0.5) is 0 Å². The molecule has 0 radical (unpaired) electrons. The molecule has 0 aliphatic heterocycles. The second kappa shape index (κ2) is 7.29. The van der Waals surface area contributed by atoms with E-state index in [9.17, 15) is 0 Å². The predicted octanol–water partition coefficient (Wildman–Crippen LogP) is 3.35. The van der Waals surface area contributed by atoms with Gasteiger partial charge < -0.3 is 14.8 Å². The molecule has 0 amide bonds. The molecule has 112 valence electrons. The van der Waals surface area contributed by atoms with Crippen molar-refractivity contribution in [3.63, 3.8) is 0 Å². The van der Waals surface area contributed by atoms with Crippen LogP contribution in [0.25, 0.3) is 0 Å². The first kappa shape index (κ1) is 15.6. The first-order valence-electron chi connectivity index (χ1n) is 6.70. The largest absolute Gasteiger partial charge is 0.497 e. The molecule has 1 heterocycles. The number of nitrogens with zero attached hydrogens (tertiary/aromatic N) is 1. The minimum atomic E-state index is 0.370. The van der Waals surface area contributed by atoms with Gasteiger partial charge in [-0.2, -0.15) is 0 Å². The number of hydrogen-bond acceptors (Lipinski definition) is 4. The van der Waals surface area contributed by atoms with E-state index in [4.69, 9.17) is 21.1 Å². The SMILES string of the molecule is CNCc1c(Cl)cccc1OCc1cc(OC)cc(C)n1. The molecule has 21 heavy (non-hydrogen) atoms. The summed E-state index contributed by atoms with van der Waals surface area (Å²) in [6, 6.07) is 9.40. The maximum absolute atomic E-state index is 6.21. The van der Waals surface area contributed by atoms with Crippen molar-refractivity contribution in [3.8, 4) is 11.5 Å². The molecule has 0 aliphatic rings. The van der Waals surface area contributed by atoms with Crippen molar-refractivity contribution in [2.75, 3.05) is 14.2 Å². The van der Waals surface area contributed by atoms with Gasteiger partial charge in [0.05, 0.1) is 12.8 Å². The predicted molar refractivity (Wildman–Crippen MR) is 84.1 cm³/mol. The Kier molecular flexibility index (Phi) is 5.42. The average Bonchev–Trinajstić information content (AvgIpc) is 2.47. The Bertz CT molecular complexity index is 617. The van der Waals surface area contributed by atoms with Crippen LogP contribution < -0.4 is 14.8 Å². The first-order chi connectivity index (χ1) is 10.1. The summed E-state index contributed by atoms with van der Waals surface area (Å²) in [5.74, 6) is 1.54. The molecule has 2 aromatic rings. The number of methoxy groups -OCH3 is 1. The summed E-state index contributed by atoms with van der Waals surface area (Å²) >= 11 is 6.21. The molecule has 4 nitrogen and oxygen atoms in total. The number of aryl methyl sites for hydroxylation is 1. The topological polar surface area (TPSA) is 43.4 Å². The van der Waals surface area contributed by atoms with Crippen LogP contribution in [-0.2, 0) is 13.2 Å². The van der Waals surface area contributed by atoms with Crippen LogP contribution in [0.5, 0.6) is 11.5 Å². The van der Waals surface area contributed by atoms with E-state index in [1.807, 2.05) is 44.3 Å². The number of halogens is 1. The standard InChI is InChI=1S/C16H19ClN2O2/c1-11-7-13(20-3)8-12(19-11)10-21-16-6-4-5-15(17)14(16)9-18-2/h4-8,18H,9-10H2,1-3H3. The number of benzene rings is 1. The summed E-state index contributed by atoms with van der Waals surface area (Å²) in [5, 5.41) is 3.78. The highest BCUT2D eigenvalue weighted by molar-refractivity contribution is 6.31. The Labute approximate surface area is 130 Å². The zero-order valence-corrected chi connectivity index (χ0v) is 13.2. The molecule has 1 aromatic carbocycles. The van der Waals surface area contributed by atoms with Crippen molar-refractivity contribution >= 4 is 11.6 Å². The fourth-order valence-electron chi connectivity index (χ4n) is 2.07. The van der Waals surface area contributed by atoms with Crippen molar-refractivity contribution in [2.45, 2.75) is 20.1 Å². The van der Waals surface area contributed by atoms with Crippen molar-refractivity contribution in [2.24, 2.45) is 0 Å². The molecule has 0 saturated carbocycles. The fourth-order valence-corrected chi connectivity index (χ4v) is 2.30. The van der Waals surface area contributed by atoms with Gasteiger partial charge in [-0.05, 0) is 26.1 Å². The van der Waals surface area contributed by atoms with Gasteiger partial charge in [-0.15, -0.1) is 0 Å². The van der Waals surface area contributed by atoms with E-state index in [2.05, 4.69) is 10.3 Å². The lowest BCUT2D eigenvalue weighted by Crippen LogP contribution is -2.09. The van der Waals surface area contributed by atoms with E-state index in [1.165, 1.54) is 0 Å². The maximum atomic E-state index is 6.21. The van der Waals surface area contributed by atoms with Gasteiger partial charge in [0.2, 0.25) is 0 Å². The van der Waals surface area contributed by atoms with Crippen molar-refractivity contribution in [1.29, 1.82) is 0 Å². The monoisotopic (exact) mass is 306 g/mol. The third-order valence-electron chi connectivity index (χ3n) is 3.02. The highest BCUT2D eigenvalue weighted by Crippen LogP contribution is 2.27. The average molecular weight is 307 g/mol. The molecular formula is C16H19ClN2O2. The molecule has 1 N–H and O–H groups in total.